The Balaban J connectivity index is 2.07. The third-order valence-electron chi connectivity index (χ3n) is 4.36. The van der Waals surface area contributed by atoms with Gasteiger partial charge in [-0.2, -0.15) is 0 Å². The van der Waals surface area contributed by atoms with Gasteiger partial charge in [-0.05, 0) is 78.9 Å². The molecule has 140 valence electrons. The molecule has 0 bridgehead atoms. The highest BCUT2D eigenvalue weighted by Gasteiger charge is 2.36. The molecule has 1 fully saturated rings. The van der Waals surface area contributed by atoms with Crippen molar-refractivity contribution in [1.82, 2.24) is 5.32 Å². The van der Waals surface area contributed by atoms with Gasteiger partial charge in [0.1, 0.15) is 11.2 Å². The van der Waals surface area contributed by atoms with E-state index in [0.29, 0.717) is 6.42 Å². The second kappa shape index (κ2) is 6.85. The van der Waals surface area contributed by atoms with Crippen LogP contribution >= 0.6 is 0 Å². The summed E-state index contributed by atoms with van der Waals surface area (Å²) < 4.78 is 10.9. The molecule has 2 aliphatic carbocycles. The molecular weight excluding hydrogens is 318 g/mol. The third-order valence-corrected chi connectivity index (χ3v) is 4.36. The van der Waals surface area contributed by atoms with Gasteiger partial charge in [-0.15, -0.1) is 0 Å². The molecule has 25 heavy (non-hydrogen) atoms. The zero-order valence-corrected chi connectivity index (χ0v) is 16.5. The summed E-state index contributed by atoms with van der Waals surface area (Å²) >= 11 is 0. The second-order valence-corrected chi connectivity index (χ2v) is 8.88. The van der Waals surface area contributed by atoms with Crippen molar-refractivity contribution in [3.63, 3.8) is 0 Å². The normalized spacial score (nSPS) is 23.7. The molecule has 5 nitrogen and oxygen atoms in total. The second-order valence-electron chi connectivity index (χ2n) is 8.88. The molecule has 1 N–H and O–H groups in total. The van der Waals surface area contributed by atoms with Crippen molar-refractivity contribution in [2.24, 2.45) is 5.92 Å². The van der Waals surface area contributed by atoms with Crippen LogP contribution in [0.2, 0.25) is 0 Å². The molecular formula is C20H31NO4. The lowest BCUT2D eigenvalue weighted by molar-refractivity contribution is -0.158. The summed E-state index contributed by atoms with van der Waals surface area (Å²) in [5.41, 5.74) is 2.38. The van der Waals surface area contributed by atoms with Crippen LogP contribution in [0.5, 0.6) is 0 Å². The first kappa shape index (κ1) is 19.5. The molecule has 0 spiro atoms. The van der Waals surface area contributed by atoms with Crippen LogP contribution in [0, 0.1) is 5.92 Å². The molecule has 0 aromatic rings. The Morgan fingerprint density at radius 3 is 2.24 bits per heavy atom. The number of carbonyl (C=O) groups excluding carboxylic acids is 2. The van der Waals surface area contributed by atoms with E-state index in [0.717, 1.165) is 24.0 Å². The maximum Gasteiger partial charge on any atom is 0.408 e. The highest BCUT2D eigenvalue weighted by molar-refractivity contribution is 5.78. The lowest BCUT2D eigenvalue weighted by Gasteiger charge is -2.28. The number of rotatable bonds is 2. The Morgan fingerprint density at radius 1 is 1.08 bits per heavy atom. The van der Waals surface area contributed by atoms with Crippen LogP contribution in [0.15, 0.2) is 22.8 Å². The molecule has 0 aromatic carbocycles. The smallest absolute Gasteiger partial charge is 0.408 e. The molecule has 5 heteroatoms. The minimum atomic E-state index is -0.514. The third kappa shape index (κ3) is 5.10. The lowest BCUT2D eigenvalue weighted by Crippen LogP contribution is -2.39. The van der Waals surface area contributed by atoms with Gasteiger partial charge >= 0.3 is 12.1 Å². The molecule has 2 atom stereocenters. The number of ether oxygens (including phenoxy) is 2. The van der Waals surface area contributed by atoms with Gasteiger partial charge in [-0.25, -0.2) is 4.79 Å². The average molecular weight is 349 g/mol. The number of hydrogen-bond acceptors (Lipinski definition) is 4. The molecule has 1 unspecified atom stereocenters. The molecule has 0 saturated heterocycles. The number of nitrogens with one attached hydrogen (secondary N) is 1. The number of hydrogen-bond donors (Lipinski definition) is 1. The Bertz CT molecular complexity index is 617. The van der Waals surface area contributed by atoms with Crippen molar-refractivity contribution >= 4 is 12.1 Å². The van der Waals surface area contributed by atoms with E-state index in [2.05, 4.69) is 11.4 Å². The first-order chi connectivity index (χ1) is 11.4. The van der Waals surface area contributed by atoms with Crippen LogP contribution in [-0.4, -0.2) is 29.3 Å². The Kier molecular flexibility index (Phi) is 5.35. The first-order valence-electron chi connectivity index (χ1n) is 9.00. The van der Waals surface area contributed by atoms with Gasteiger partial charge in [0.25, 0.3) is 0 Å². The number of alkyl carbamates (subject to hydrolysis) is 1. The van der Waals surface area contributed by atoms with E-state index < -0.39 is 17.3 Å². The fourth-order valence-electron chi connectivity index (χ4n) is 3.37. The molecule has 0 heterocycles. The maximum atomic E-state index is 12.5. The molecule has 1 saturated carbocycles. The van der Waals surface area contributed by atoms with Crippen molar-refractivity contribution in [3.05, 3.63) is 22.8 Å². The van der Waals surface area contributed by atoms with E-state index in [1.165, 1.54) is 5.57 Å². The Morgan fingerprint density at radius 2 is 1.68 bits per heavy atom. The van der Waals surface area contributed by atoms with Gasteiger partial charge in [0, 0.05) is 0 Å². The Hall–Kier alpha value is -1.78. The van der Waals surface area contributed by atoms with Gasteiger partial charge in [-0.1, -0.05) is 11.6 Å². The lowest BCUT2D eigenvalue weighted by atomic mass is 9.84. The monoisotopic (exact) mass is 349 g/mol. The fraction of sp³-hybridized carbons (Fsp3) is 0.700. The standard InChI is InChI=1S/C20H31NO4/c1-12-13-10-11-16(21-18(23)25-20(5,6)7)15(13)9-8-14(12)17(22)24-19(2,3)4/h9,14,16H,8,10-11H2,1-7H3,(H,21,23)/t14?,16-/m0/s1. The number of allylic oxidation sites excluding steroid dienone is 1. The maximum absolute atomic E-state index is 12.5. The molecule has 1 amide bonds. The van der Waals surface area contributed by atoms with Gasteiger partial charge in [0.15, 0.2) is 0 Å². The summed E-state index contributed by atoms with van der Waals surface area (Å²) in [7, 11) is 0. The van der Waals surface area contributed by atoms with Crippen LogP contribution in [-0.2, 0) is 14.3 Å². The number of fused-ring (bicyclic) bond motifs is 1. The van der Waals surface area contributed by atoms with E-state index in [1.54, 1.807) is 0 Å². The van der Waals surface area contributed by atoms with Crippen LogP contribution in [0.4, 0.5) is 4.79 Å². The first-order valence-corrected chi connectivity index (χ1v) is 9.00. The molecule has 0 aromatic heterocycles. The molecule has 0 aliphatic heterocycles. The zero-order chi connectivity index (χ0) is 19.0. The summed E-state index contributed by atoms with van der Waals surface area (Å²) in [5.74, 6) is -0.394. The van der Waals surface area contributed by atoms with Gasteiger partial charge in [0.05, 0.1) is 12.0 Å². The van der Waals surface area contributed by atoms with E-state index in [-0.39, 0.29) is 17.9 Å². The van der Waals surface area contributed by atoms with Crippen molar-refractivity contribution < 1.29 is 19.1 Å². The van der Waals surface area contributed by atoms with Crippen LogP contribution in [0.3, 0.4) is 0 Å². The van der Waals surface area contributed by atoms with Crippen molar-refractivity contribution in [3.8, 4) is 0 Å². The van der Waals surface area contributed by atoms with Crippen molar-refractivity contribution in [1.29, 1.82) is 0 Å². The largest absolute Gasteiger partial charge is 0.459 e. The summed E-state index contributed by atoms with van der Waals surface area (Å²) in [5, 5.41) is 2.96. The van der Waals surface area contributed by atoms with E-state index in [9.17, 15) is 9.59 Å². The summed E-state index contributed by atoms with van der Waals surface area (Å²) in [6, 6.07) is -0.0422. The van der Waals surface area contributed by atoms with E-state index in [4.69, 9.17) is 9.47 Å². The summed E-state index contributed by atoms with van der Waals surface area (Å²) in [6.45, 7) is 13.2. The van der Waals surface area contributed by atoms with Gasteiger partial charge in [-0.3, -0.25) is 4.79 Å². The molecule has 2 rings (SSSR count). The van der Waals surface area contributed by atoms with Crippen LogP contribution < -0.4 is 5.32 Å². The van der Waals surface area contributed by atoms with E-state index >= 15 is 0 Å². The van der Waals surface area contributed by atoms with Crippen molar-refractivity contribution in [2.75, 3.05) is 0 Å². The quantitative estimate of drug-likeness (QED) is 0.756. The minimum Gasteiger partial charge on any atom is -0.459 e. The van der Waals surface area contributed by atoms with Crippen LogP contribution in [0.25, 0.3) is 0 Å². The van der Waals surface area contributed by atoms with Crippen molar-refractivity contribution in [2.45, 2.75) is 85.0 Å². The van der Waals surface area contributed by atoms with Gasteiger partial charge in [0.2, 0.25) is 0 Å². The molecule has 0 radical (unpaired) electrons. The predicted octanol–water partition coefficient (Wildman–Crippen LogP) is 4.28. The highest BCUT2D eigenvalue weighted by Crippen LogP contribution is 2.41. The topological polar surface area (TPSA) is 64.6 Å². The van der Waals surface area contributed by atoms with Crippen LogP contribution in [0.1, 0.15) is 67.7 Å². The molecule has 2 aliphatic rings. The number of carbonyl (C=O) groups is 2. The summed E-state index contributed by atoms with van der Waals surface area (Å²) in [4.78, 5) is 24.5. The van der Waals surface area contributed by atoms with Gasteiger partial charge < -0.3 is 14.8 Å². The predicted molar refractivity (Wildman–Crippen MR) is 97.1 cm³/mol. The SMILES string of the molecule is CC1=C2CC[C@H](NC(=O)OC(C)(C)C)C2=CCC1C(=O)OC(C)(C)C. The fourth-order valence-corrected chi connectivity index (χ4v) is 3.37. The highest BCUT2D eigenvalue weighted by atomic mass is 16.6. The average Bonchev–Trinajstić information content (AvgIpc) is 2.78. The zero-order valence-electron chi connectivity index (χ0n) is 16.5. The number of amides is 1. The number of esters is 1. The summed E-state index contributed by atoms with van der Waals surface area (Å²) in [6.07, 6.45) is 3.99. The Labute approximate surface area is 150 Å². The van der Waals surface area contributed by atoms with E-state index in [1.807, 2.05) is 48.5 Å². The minimum absolute atomic E-state index is 0.0422.